The summed E-state index contributed by atoms with van der Waals surface area (Å²) in [6, 6.07) is 0. The fraction of sp³-hybridized carbons (Fsp3) is 0.929. The molecule has 4 nitrogen and oxygen atoms in total. The summed E-state index contributed by atoms with van der Waals surface area (Å²) in [6.07, 6.45) is 8.25. The van der Waals surface area contributed by atoms with Gasteiger partial charge in [-0.3, -0.25) is 4.79 Å². The quantitative estimate of drug-likeness (QED) is 0.723. The van der Waals surface area contributed by atoms with E-state index in [0.29, 0.717) is 19.1 Å². The first kappa shape index (κ1) is 13.8. The van der Waals surface area contributed by atoms with E-state index in [-0.39, 0.29) is 5.91 Å². The van der Waals surface area contributed by atoms with Crippen molar-refractivity contribution < 1.29 is 9.53 Å². The predicted octanol–water partition coefficient (Wildman–Crippen LogP) is 1.45. The van der Waals surface area contributed by atoms with Crippen molar-refractivity contribution in [1.29, 1.82) is 0 Å². The van der Waals surface area contributed by atoms with Crippen LogP contribution in [0, 0.1) is 5.92 Å². The van der Waals surface area contributed by atoms with Crippen molar-refractivity contribution in [3.8, 4) is 0 Å². The van der Waals surface area contributed by atoms with Gasteiger partial charge in [0.15, 0.2) is 0 Å². The monoisotopic (exact) mass is 254 g/mol. The number of hydrogen-bond acceptors (Lipinski definition) is 3. The van der Waals surface area contributed by atoms with Crippen molar-refractivity contribution in [3.05, 3.63) is 0 Å². The number of hydrogen-bond donors (Lipinski definition) is 2. The molecule has 1 saturated heterocycles. The maximum atomic E-state index is 11.6. The Morgan fingerprint density at radius 1 is 1.22 bits per heavy atom. The van der Waals surface area contributed by atoms with Crippen LogP contribution in [0.25, 0.3) is 0 Å². The molecule has 1 amide bonds. The summed E-state index contributed by atoms with van der Waals surface area (Å²) in [5.74, 6) is 1.01. The van der Waals surface area contributed by atoms with Crippen LogP contribution in [0.15, 0.2) is 0 Å². The third kappa shape index (κ3) is 4.94. The molecular weight excluding hydrogens is 228 g/mol. The van der Waals surface area contributed by atoms with Crippen LogP contribution in [-0.2, 0) is 9.53 Å². The molecule has 1 heterocycles. The van der Waals surface area contributed by atoms with Gasteiger partial charge >= 0.3 is 0 Å². The third-order valence-corrected chi connectivity index (χ3v) is 4.07. The van der Waals surface area contributed by atoms with E-state index in [4.69, 9.17) is 4.74 Å². The van der Waals surface area contributed by atoms with Crippen molar-refractivity contribution in [1.82, 2.24) is 10.6 Å². The van der Waals surface area contributed by atoms with Crippen LogP contribution in [0.2, 0.25) is 0 Å². The summed E-state index contributed by atoms with van der Waals surface area (Å²) < 4.78 is 5.71. The minimum Gasteiger partial charge on any atom is -0.378 e. The molecule has 4 heteroatoms. The summed E-state index contributed by atoms with van der Waals surface area (Å²) in [4.78, 5) is 11.6. The van der Waals surface area contributed by atoms with Crippen LogP contribution in [0.1, 0.15) is 44.9 Å². The molecule has 0 unspecified atom stereocenters. The van der Waals surface area contributed by atoms with Crippen molar-refractivity contribution >= 4 is 5.91 Å². The van der Waals surface area contributed by atoms with Gasteiger partial charge in [-0.2, -0.15) is 0 Å². The Morgan fingerprint density at radius 3 is 2.67 bits per heavy atom. The zero-order chi connectivity index (χ0) is 12.6. The van der Waals surface area contributed by atoms with Gasteiger partial charge in [-0.1, -0.05) is 19.3 Å². The largest absolute Gasteiger partial charge is 0.378 e. The van der Waals surface area contributed by atoms with Crippen LogP contribution in [0.5, 0.6) is 0 Å². The summed E-state index contributed by atoms with van der Waals surface area (Å²) >= 11 is 0. The van der Waals surface area contributed by atoms with Crippen molar-refractivity contribution in [3.63, 3.8) is 0 Å². The summed E-state index contributed by atoms with van der Waals surface area (Å²) in [5, 5.41) is 6.29. The number of carbonyl (C=O) groups is 1. The summed E-state index contributed by atoms with van der Waals surface area (Å²) in [6.45, 7) is 3.49. The maximum absolute atomic E-state index is 11.6. The number of piperidine rings is 1. The standard InChI is InChI=1S/C14H26N2O2/c17-14(16-10-4-12-2-1-3-12)7-11-18-13-5-8-15-9-6-13/h12-13,15H,1-11H2,(H,16,17). The zero-order valence-electron chi connectivity index (χ0n) is 11.2. The lowest BCUT2D eigenvalue weighted by Gasteiger charge is -2.25. The fourth-order valence-corrected chi connectivity index (χ4v) is 2.57. The molecule has 0 radical (unpaired) electrons. The lowest BCUT2D eigenvalue weighted by molar-refractivity contribution is -0.122. The number of carbonyl (C=O) groups excluding carboxylic acids is 1. The highest BCUT2D eigenvalue weighted by atomic mass is 16.5. The van der Waals surface area contributed by atoms with Gasteiger partial charge in [0, 0.05) is 13.0 Å². The first-order chi connectivity index (χ1) is 8.84. The highest BCUT2D eigenvalue weighted by Crippen LogP contribution is 2.28. The number of nitrogens with one attached hydrogen (secondary N) is 2. The molecule has 0 aromatic rings. The van der Waals surface area contributed by atoms with E-state index in [0.717, 1.165) is 44.8 Å². The number of amides is 1. The van der Waals surface area contributed by atoms with Gasteiger partial charge in [0.05, 0.1) is 12.7 Å². The highest BCUT2D eigenvalue weighted by Gasteiger charge is 2.17. The van der Waals surface area contributed by atoms with E-state index >= 15 is 0 Å². The van der Waals surface area contributed by atoms with Crippen LogP contribution in [-0.4, -0.2) is 38.3 Å². The van der Waals surface area contributed by atoms with Crippen LogP contribution >= 0.6 is 0 Å². The van der Waals surface area contributed by atoms with Gasteiger partial charge < -0.3 is 15.4 Å². The third-order valence-electron chi connectivity index (χ3n) is 4.07. The molecule has 18 heavy (non-hydrogen) atoms. The van der Waals surface area contributed by atoms with E-state index in [1.165, 1.54) is 19.3 Å². The van der Waals surface area contributed by atoms with Gasteiger partial charge in [0.2, 0.25) is 5.91 Å². The van der Waals surface area contributed by atoms with Crippen molar-refractivity contribution in [2.24, 2.45) is 5.92 Å². The maximum Gasteiger partial charge on any atom is 0.222 e. The SMILES string of the molecule is O=C(CCOC1CCNCC1)NCCC1CCC1. The minimum absolute atomic E-state index is 0.142. The van der Waals surface area contributed by atoms with Gasteiger partial charge in [-0.25, -0.2) is 0 Å². The highest BCUT2D eigenvalue weighted by molar-refractivity contribution is 5.75. The Bertz CT molecular complexity index is 248. The van der Waals surface area contributed by atoms with E-state index in [9.17, 15) is 4.79 Å². The normalized spacial score (nSPS) is 21.6. The van der Waals surface area contributed by atoms with E-state index < -0.39 is 0 Å². The molecule has 1 aliphatic heterocycles. The van der Waals surface area contributed by atoms with Gasteiger partial charge in [-0.15, -0.1) is 0 Å². The smallest absolute Gasteiger partial charge is 0.222 e. The van der Waals surface area contributed by atoms with Crippen molar-refractivity contribution in [2.75, 3.05) is 26.2 Å². The molecule has 0 spiro atoms. The lowest BCUT2D eigenvalue weighted by atomic mass is 9.83. The summed E-state index contributed by atoms with van der Waals surface area (Å²) in [7, 11) is 0. The minimum atomic E-state index is 0.142. The second kappa shape index (κ2) is 7.74. The second-order valence-electron chi connectivity index (χ2n) is 5.51. The molecule has 0 bridgehead atoms. The molecule has 1 aliphatic carbocycles. The average molecular weight is 254 g/mol. The fourth-order valence-electron chi connectivity index (χ4n) is 2.57. The molecule has 2 aliphatic rings. The zero-order valence-corrected chi connectivity index (χ0v) is 11.2. The van der Waals surface area contributed by atoms with E-state index in [1.807, 2.05) is 0 Å². The molecule has 2 N–H and O–H groups in total. The second-order valence-corrected chi connectivity index (χ2v) is 5.51. The molecular formula is C14H26N2O2. The van der Waals surface area contributed by atoms with Crippen LogP contribution < -0.4 is 10.6 Å². The number of rotatable bonds is 7. The average Bonchev–Trinajstić information content (AvgIpc) is 2.34. The van der Waals surface area contributed by atoms with Gasteiger partial charge in [0.1, 0.15) is 0 Å². The van der Waals surface area contributed by atoms with Crippen LogP contribution in [0.3, 0.4) is 0 Å². The molecule has 2 fully saturated rings. The Hall–Kier alpha value is -0.610. The van der Waals surface area contributed by atoms with Gasteiger partial charge in [-0.05, 0) is 38.3 Å². The van der Waals surface area contributed by atoms with Gasteiger partial charge in [0.25, 0.3) is 0 Å². The molecule has 0 aromatic heterocycles. The Labute approximate surface area is 110 Å². The Balaban J connectivity index is 1.43. The molecule has 0 atom stereocenters. The first-order valence-electron chi connectivity index (χ1n) is 7.43. The first-order valence-corrected chi connectivity index (χ1v) is 7.43. The summed E-state index contributed by atoms with van der Waals surface area (Å²) in [5.41, 5.74) is 0. The van der Waals surface area contributed by atoms with E-state index in [2.05, 4.69) is 10.6 Å². The molecule has 0 aromatic carbocycles. The Kier molecular flexibility index (Phi) is 5.94. The lowest BCUT2D eigenvalue weighted by Crippen LogP contribution is -2.33. The van der Waals surface area contributed by atoms with Crippen LogP contribution in [0.4, 0.5) is 0 Å². The van der Waals surface area contributed by atoms with E-state index in [1.54, 1.807) is 0 Å². The molecule has 1 saturated carbocycles. The Morgan fingerprint density at radius 2 is 2.00 bits per heavy atom. The van der Waals surface area contributed by atoms with Crippen molar-refractivity contribution in [2.45, 2.75) is 51.0 Å². The topological polar surface area (TPSA) is 50.4 Å². The molecule has 2 rings (SSSR count). The predicted molar refractivity (Wildman–Crippen MR) is 71.4 cm³/mol. The number of ether oxygens (including phenoxy) is 1. The molecule has 104 valence electrons.